The van der Waals surface area contributed by atoms with Crippen molar-refractivity contribution in [3.05, 3.63) is 17.5 Å². The third kappa shape index (κ3) is 5.16. The van der Waals surface area contributed by atoms with Gasteiger partial charge in [0.05, 0.1) is 5.54 Å². The lowest BCUT2D eigenvalue weighted by molar-refractivity contribution is 0.0752. The lowest BCUT2D eigenvalue weighted by Crippen LogP contribution is -2.37. The van der Waals surface area contributed by atoms with Crippen LogP contribution in [0.4, 0.5) is 0 Å². The Kier molecular flexibility index (Phi) is 6.85. The summed E-state index contributed by atoms with van der Waals surface area (Å²) in [4.78, 5) is 17.8. The number of carbonyl (C=O) groups is 1. The van der Waals surface area contributed by atoms with Crippen molar-refractivity contribution in [2.45, 2.75) is 84.6 Å². The van der Waals surface area contributed by atoms with Gasteiger partial charge in [-0.3, -0.25) is 9.48 Å². The highest BCUT2D eigenvalue weighted by molar-refractivity contribution is 5.92. The van der Waals surface area contributed by atoms with Gasteiger partial charge in [0, 0.05) is 31.9 Å². The molecule has 158 valence electrons. The van der Waals surface area contributed by atoms with E-state index in [0.717, 1.165) is 44.2 Å². The predicted octanol–water partition coefficient (Wildman–Crippen LogP) is 4.49. The van der Waals surface area contributed by atoms with Crippen molar-refractivity contribution in [3.8, 4) is 0 Å². The Labute approximate surface area is 171 Å². The lowest BCUT2D eigenvalue weighted by Gasteiger charge is -2.28. The fourth-order valence-corrected chi connectivity index (χ4v) is 4.70. The van der Waals surface area contributed by atoms with Gasteiger partial charge in [0.2, 0.25) is 0 Å². The van der Waals surface area contributed by atoms with Gasteiger partial charge in [-0.2, -0.15) is 5.10 Å². The maximum absolute atomic E-state index is 13.2. The van der Waals surface area contributed by atoms with Gasteiger partial charge in [0.25, 0.3) is 5.91 Å². The van der Waals surface area contributed by atoms with E-state index < -0.39 is 0 Å². The van der Waals surface area contributed by atoms with Crippen LogP contribution in [0.5, 0.6) is 0 Å². The standard InChI is InChI=1S/C23H40N4O/c1-18(2)21-16-20(24-27(21)23(3,4)5)22(28)26-13-9-12-25(14-15-26)17-19-10-7-6-8-11-19/h16,18-19H,6-15,17H2,1-5H3. The van der Waals surface area contributed by atoms with Crippen molar-refractivity contribution in [2.75, 3.05) is 32.7 Å². The minimum atomic E-state index is -0.117. The van der Waals surface area contributed by atoms with Crippen LogP contribution in [0, 0.1) is 5.92 Å². The van der Waals surface area contributed by atoms with Gasteiger partial charge in [0.15, 0.2) is 5.69 Å². The van der Waals surface area contributed by atoms with E-state index in [1.165, 1.54) is 38.6 Å². The molecule has 1 saturated carbocycles. The number of aromatic nitrogens is 2. The van der Waals surface area contributed by atoms with Crippen LogP contribution in [-0.2, 0) is 5.54 Å². The van der Waals surface area contributed by atoms with Gasteiger partial charge in [-0.25, -0.2) is 0 Å². The average Bonchev–Trinajstić information content (AvgIpc) is 2.99. The van der Waals surface area contributed by atoms with Crippen LogP contribution in [0.25, 0.3) is 0 Å². The third-order valence-electron chi connectivity index (χ3n) is 6.30. The number of nitrogens with zero attached hydrogens (tertiary/aromatic N) is 4. The molecule has 3 rings (SSSR count). The monoisotopic (exact) mass is 388 g/mol. The van der Waals surface area contributed by atoms with Gasteiger partial charge in [0.1, 0.15) is 0 Å². The molecule has 0 spiro atoms. The topological polar surface area (TPSA) is 41.4 Å². The summed E-state index contributed by atoms with van der Waals surface area (Å²) in [7, 11) is 0. The van der Waals surface area contributed by atoms with E-state index in [0.29, 0.717) is 11.6 Å². The Morgan fingerprint density at radius 1 is 1.07 bits per heavy atom. The first-order chi connectivity index (χ1) is 13.3. The quantitative estimate of drug-likeness (QED) is 0.763. The van der Waals surface area contributed by atoms with Gasteiger partial charge < -0.3 is 9.80 Å². The van der Waals surface area contributed by atoms with E-state index in [4.69, 9.17) is 5.10 Å². The third-order valence-corrected chi connectivity index (χ3v) is 6.30. The van der Waals surface area contributed by atoms with Gasteiger partial charge in [-0.15, -0.1) is 0 Å². The van der Waals surface area contributed by atoms with Crippen LogP contribution in [0.2, 0.25) is 0 Å². The molecule has 0 N–H and O–H groups in total. The highest BCUT2D eigenvalue weighted by Crippen LogP contribution is 2.26. The van der Waals surface area contributed by atoms with Crippen molar-refractivity contribution in [2.24, 2.45) is 5.92 Å². The maximum atomic E-state index is 13.2. The van der Waals surface area contributed by atoms with Gasteiger partial charge in [-0.1, -0.05) is 33.1 Å². The zero-order valence-corrected chi connectivity index (χ0v) is 18.7. The van der Waals surface area contributed by atoms with E-state index in [9.17, 15) is 4.79 Å². The fraction of sp³-hybridized carbons (Fsp3) is 0.826. The number of hydrogen-bond acceptors (Lipinski definition) is 3. The summed E-state index contributed by atoms with van der Waals surface area (Å²) in [5, 5.41) is 4.73. The van der Waals surface area contributed by atoms with E-state index >= 15 is 0 Å². The molecule has 1 aromatic heterocycles. The number of carbonyl (C=O) groups excluding carboxylic acids is 1. The molecule has 1 aliphatic heterocycles. The summed E-state index contributed by atoms with van der Waals surface area (Å²) >= 11 is 0. The van der Waals surface area contributed by atoms with Crippen LogP contribution >= 0.6 is 0 Å². The Balaban J connectivity index is 1.64. The van der Waals surface area contributed by atoms with Gasteiger partial charge >= 0.3 is 0 Å². The first-order valence-electron chi connectivity index (χ1n) is 11.4. The molecular weight excluding hydrogens is 348 g/mol. The molecule has 1 aliphatic carbocycles. The second-order valence-electron chi connectivity index (χ2n) is 10.1. The number of amides is 1. The molecule has 0 bridgehead atoms. The molecule has 2 fully saturated rings. The molecule has 0 atom stereocenters. The van der Waals surface area contributed by atoms with Crippen molar-refractivity contribution in [1.29, 1.82) is 0 Å². The van der Waals surface area contributed by atoms with Crippen LogP contribution in [0.1, 0.15) is 95.2 Å². The average molecular weight is 389 g/mol. The second kappa shape index (κ2) is 8.98. The molecule has 1 saturated heterocycles. The predicted molar refractivity (Wildman–Crippen MR) is 115 cm³/mol. The first-order valence-corrected chi connectivity index (χ1v) is 11.4. The van der Waals surface area contributed by atoms with Gasteiger partial charge in [-0.05, 0) is 64.5 Å². The van der Waals surface area contributed by atoms with E-state index in [1.54, 1.807) is 0 Å². The fourth-order valence-electron chi connectivity index (χ4n) is 4.70. The van der Waals surface area contributed by atoms with Crippen LogP contribution < -0.4 is 0 Å². The summed E-state index contributed by atoms with van der Waals surface area (Å²) in [6, 6.07) is 2.02. The van der Waals surface area contributed by atoms with E-state index in [1.807, 2.05) is 15.6 Å². The Morgan fingerprint density at radius 3 is 2.39 bits per heavy atom. The Morgan fingerprint density at radius 2 is 1.79 bits per heavy atom. The molecule has 1 aromatic rings. The molecule has 0 aromatic carbocycles. The molecule has 0 radical (unpaired) electrons. The highest BCUT2D eigenvalue weighted by atomic mass is 16.2. The van der Waals surface area contributed by atoms with Crippen LogP contribution in [0.3, 0.4) is 0 Å². The molecule has 1 amide bonds. The van der Waals surface area contributed by atoms with Crippen LogP contribution in [0.15, 0.2) is 6.07 Å². The number of hydrogen-bond donors (Lipinski definition) is 0. The smallest absolute Gasteiger partial charge is 0.274 e. The largest absolute Gasteiger partial charge is 0.336 e. The SMILES string of the molecule is CC(C)c1cc(C(=O)N2CCCN(CC3CCCCC3)CC2)nn1C(C)(C)C. The summed E-state index contributed by atoms with van der Waals surface area (Å²) in [6.45, 7) is 15.8. The molecule has 5 nitrogen and oxygen atoms in total. The summed E-state index contributed by atoms with van der Waals surface area (Å²) in [6.07, 6.45) is 8.06. The molecule has 0 unspecified atom stereocenters. The Hall–Kier alpha value is -1.36. The Bertz CT molecular complexity index is 652. The normalized spacial score (nSPS) is 20.6. The summed E-state index contributed by atoms with van der Waals surface area (Å²) < 4.78 is 2.04. The minimum absolute atomic E-state index is 0.101. The molecule has 28 heavy (non-hydrogen) atoms. The molecule has 2 heterocycles. The zero-order valence-electron chi connectivity index (χ0n) is 18.7. The number of rotatable bonds is 4. The summed E-state index contributed by atoms with van der Waals surface area (Å²) in [5.41, 5.74) is 1.64. The second-order valence-corrected chi connectivity index (χ2v) is 10.1. The highest BCUT2D eigenvalue weighted by Gasteiger charge is 2.27. The minimum Gasteiger partial charge on any atom is -0.336 e. The van der Waals surface area contributed by atoms with Crippen LogP contribution in [-0.4, -0.2) is 58.2 Å². The van der Waals surface area contributed by atoms with E-state index in [2.05, 4.69) is 39.5 Å². The maximum Gasteiger partial charge on any atom is 0.274 e. The van der Waals surface area contributed by atoms with Crippen molar-refractivity contribution < 1.29 is 4.79 Å². The van der Waals surface area contributed by atoms with Crippen molar-refractivity contribution in [3.63, 3.8) is 0 Å². The molecule has 2 aliphatic rings. The van der Waals surface area contributed by atoms with Crippen molar-refractivity contribution in [1.82, 2.24) is 19.6 Å². The zero-order chi connectivity index (χ0) is 20.3. The molecule has 5 heteroatoms. The van der Waals surface area contributed by atoms with E-state index in [-0.39, 0.29) is 11.4 Å². The lowest BCUT2D eigenvalue weighted by atomic mass is 9.89. The molecular formula is C23H40N4O. The first kappa shape index (κ1) is 21.4. The van der Waals surface area contributed by atoms with Crippen molar-refractivity contribution >= 4 is 5.91 Å². The summed E-state index contributed by atoms with van der Waals surface area (Å²) in [5.74, 6) is 1.32.